The first kappa shape index (κ1) is 20.2. The molecule has 8 nitrogen and oxygen atoms in total. The van der Waals surface area contributed by atoms with E-state index < -0.39 is 9.73 Å². The summed E-state index contributed by atoms with van der Waals surface area (Å²) in [5.74, 6) is 2.08. The number of pyridine rings is 1. The molecule has 0 aliphatic carbocycles. The molecular formula is C21H25N7OS. The molecular weight excluding hydrogens is 398 g/mol. The number of nitrogens with zero attached hydrogens (tertiary/aromatic N) is 5. The Labute approximate surface area is 177 Å². The molecule has 0 unspecified atom stereocenters. The number of rotatable bonds is 5. The molecule has 0 saturated heterocycles. The van der Waals surface area contributed by atoms with E-state index in [0.29, 0.717) is 23.4 Å². The van der Waals surface area contributed by atoms with E-state index in [4.69, 9.17) is 0 Å². The molecule has 156 valence electrons. The highest BCUT2D eigenvalue weighted by atomic mass is 32.2. The van der Waals surface area contributed by atoms with Crippen molar-refractivity contribution < 1.29 is 4.21 Å². The first-order valence-corrected chi connectivity index (χ1v) is 12.0. The summed E-state index contributed by atoms with van der Waals surface area (Å²) in [7, 11) is -0.136. The summed E-state index contributed by atoms with van der Waals surface area (Å²) in [6, 6.07) is 13.5. The maximum atomic E-state index is 11.9. The third-order valence-electron chi connectivity index (χ3n) is 4.63. The Morgan fingerprint density at radius 3 is 2.70 bits per heavy atom. The molecule has 2 aromatic heterocycles. The molecule has 0 radical (unpaired) electrons. The Hall–Kier alpha value is -3.04. The summed E-state index contributed by atoms with van der Waals surface area (Å²) in [5, 5.41) is 6.43. The smallest absolute Gasteiger partial charge is 0.229 e. The summed E-state index contributed by atoms with van der Waals surface area (Å²) in [6.45, 7) is 2.04. The van der Waals surface area contributed by atoms with Crippen LogP contribution in [0, 0.1) is 0 Å². The SMILES string of the molecule is CN1CCc2ccc(Nc3nccc(Nc4cccc(N=S(C)(C)=O)n4)n3)cc2C1. The van der Waals surface area contributed by atoms with Gasteiger partial charge in [-0.25, -0.2) is 14.2 Å². The normalized spacial score (nSPS) is 14.1. The first-order valence-electron chi connectivity index (χ1n) is 9.66. The predicted molar refractivity (Wildman–Crippen MR) is 121 cm³/mol. The lowest BCUT2D eigenvalue weighted by molar-refractivity contribution is 0.313. The molecule has 0 bridgehead atoms. The van der Waals surface area contributed by atoms with Crippen LogP contribution in [0.3, 0.4) is 0 Å². The molecule has 30 heavy (non-hydrogen) atoms. The van der Waals surface area contributed by atoms with E-state index in [2.05, 4.69) is 60.1 Å². The average molecular weight is 424 g/mol. The first-order chi connectivity index (χ1) is 14.3. The van der Waals surface area contributed by atoms with Crippen LogP contribution >= 0.6 is 0 Å². The zero-order valence-electron chi connectivity index (χ0n) is 17.3. The van der Waals surface area contributed by atoms with Gasteiger partial charge in [0, 0.05) is 47.2 Å². The van der Waals surface area contributed by atoms with Gasteiger partial charge in [-0.1, -0.05) is 12.1 Å². The fraction of sp³-hybridized carbons (Fsp3) is 0.286. The van der Waals surface area contributed by atoms with Gasteiger partial charge in [-0.2, -0.15) is 9.35 Å². The molecule has 0 saturated carbocycles. The largest absolute Gasteiger partial charge is 0.325 e. The van der Waals surface area contributed by atoms with Crippen LogP contribution in [0.4, 0.5) is 29.1 Å². The molecule has 1 aliphatic rings. The van der Waals surface area contributed by atoms with Crippen LogP contribution in [-0.2, 0) is 22.7 Å². The molecule has 1 aromatic carbocycles. The van der Waals surface area contributed by atoms with Crippen LogP contribution in [0.25, 0.3) is 0 Å². The van der Waals surface area contributed by atoms with Crippen molar-refractivity contribution in [1.82, 2.24) is 19.9 Å². The summed E-state index contributed by atoms with van der Waals surface area (Å²) >= 11 is 0. The lowest BCUT2D eigenvalue weighted by Gasteiger charge is -2.25. The average Bonchev–Trinajstić information content (AvgIpc) is 2.67. The summed E-state index contributed by atoms with van der Waals surface area (Å²) in [6.07, 6.45) is 5.92. The van der Waals surface area contributed by atoms with E-state index >= 15 is 0 Å². The van der Waals surface area contributed by atoms with Gasteiger partial charge >= 0.3 is 0 Å². The van der Waals surface area contributed by atoms with Gasteiger partial charge in [-0.15, -0.1) is 0 Å². The predicted octanol–water partition coefficient (Wildman–Crippen LogP) is 3.71. The van der Waals surface area contributed by atoms with Crippen LogP contribution < -0.4 is 10.6 Å². The van der Waals surface area contributed by atoms with Crippen LogP contribution in [0.2, 0.25) is 0 Å². The van der Waals surface area contributed by atoms with Gasteiger partial charge in [-0.05, 0) is 54.9 Å². The molecule has 9 heteroatoms. The van der Waals surface area contributed by atoms with Crippen LogP contribution in [0.1, 0.15) is 11.1 Å². The fourth-order valence-electron chi connectivity index (χ4n) is 3.29. The van der Waals surface area contributed by atoms with Gasteiger partial charge in [0.1, 0.15) is 11.6 Å². The number of anilines is 4. The zero-order chi connectivity index (χ0) is 21.1. The van der Waals surface area contributed by atoms with Gasteiger partial charge in [0.25, 0.3) is 0 Å². The lowest BCUT2D eigenvalue weighted by Crippen LogP contribution is -2.26. The molecule has 2 N–H and O–H groups in total. The standard InChI is InChI=1S/C21H25N7OS/c1-28-12-10-15-7-8-17(13-16(15)14-28)23-21-22-11-9-19(26-21)24-18-5-4-6-20(25-18)27-30(2,3)29/h4-9,11,13H,10,12,14H2,1-3H3,(H2,22,23,24,25,26). The van der Waals surface area contributed by atoms with Gasteiger partial charge in [0.15, 0.2) is 5.82 Å². The lowest BCUT2D eigenvalue weighted by atomic mass is 9.99. The topological polar surface area (TPSA) is 95.4 Å². The summed E-state index contributed by atoms with van der Waals surface area (Å²) in [4.78, 5) is 15.5. The van der Waals surface area contributed by atoms with Gasteiger partial charge < -0.3 is 15.5 Å². The molecule has 0 atom stereocenters. The van der Waals surface area contributed by atoms with Gasteiger partial charge in [0.05, 0.1) is 0 Å². The number of hydrogen-bond acceptors (Lipinski definition) is 8. The Morgan fingerprint density at radius 2 is 1.87 bits per heavy atom. The number of hydrogen-bond donors (Lipinski definition) is 2. The Balaban J connectivity index is 1.51. The second-order valence-corrected chi connectivity index (χ2v) is 10.2. The highest BCUT2D eigenvalue weighted by Gasteiger charge is 2.13. The van der Waals surface area contributed by atoms with Crippen molar-refractivity contribution in [2.75, 3.05) is 36.7 Å². The maximum Gasteiger partial charge on any atom is 0.229 e. The van der Waals surface area contributed by atoms with Crippen LogP contribution in [0.5, 0.6) is 0 Å². The van der Waals surface area contributed by atoms with Crippen molar-refractivity contribution >= 4 is 38.8 Å². The van der Waals surface area contributed by atoms with Crippen molar-refractivity contribution in [2.45, 2.75) is 13.0 Å². The van der Waals surface area contributed by atoms with Gasteiger partial charge in [0.2, 0.25) is 5.95 Å². The zero-order valence-corrected chi connectivity index (χ0v) is 18.1. The van der Waals surface area contributed by atoms with Crippen molar-refractivity contribution in [1.29, 1.82) is 0 Å². The molecule has 3 heterocycles. The molecule has 3 aromatic rings. The summed E-state index contributed by atoms with van der Waals surface area (Å²) in [5.41, 5.74) is 3.69. The van der Waals surface area contributed by atoms with Crippen molar-refractivity contribution in [3.8, 4) is 0 Å². The van der Waals surface area contributed by atoms with E-state index in [0.717, 1.165) is 25.2 Å². The third-order valence-corrected chi connectivity index (χ3v) is 5.25. The number of benzene rings is 1. The van der Waals surface area contributed by atoms with Crippen LogP contribution in [0.15, 0.2) is 53.0 Å². The summed E-state index contributed by atoms with van der Waals surface area (Å²) < 4.78 is 16.0. The number of likely N-dealkylation sites (N-methyl/N-ethyl adjacent to an activating group) is 1. The Morgan fingerprint density at radius 1 is 1.03 bits per heavy atom. The molecule has 0 fully saturated rings. The van der Waals surface area contributed by atoms with E-state index in [1.807, 2.05) is 6.07 Å². The second kappa shape index (κ2) is 8.37. The van der Waals surface area contributed by atoms with E-state index in [1.54, 1.807) is 36.9 Å². The fourth-order valence-corrected chi connectivity index (χ4v) is 3.85. The van der Waals surface area contributed by atoms with Crippen LogP contribution in [-0.4, -0.2) is 50.2 Å². The molecule has 0 spiro atoms. The van der Waals surface area contributed by atoms with E-state index in [1.165, 1.54) is 11.1 Å². The van der Waals surface area contributed by atoms with E-state index in [-0.39, 0.29) is 0 Å². The number of fused-ring (bicyclic) bond motifs is 1. The number of aromatic nitrogens is 3. The minimum absolute atomic E-state index is 0.418. The molecule has 0 amide bonds. The third kappa shape index (κ3) is 5.31. The molecule has 4 rings (SSSR count). The van der Waals surface area contributed by atoms with Crippen molar-refractivity contribution in [3.05, 3.63) is 59.8 Å². The monoisotopic (exact) mass is 423 g/mol. The van der Waals surface area contributed by atoms with Crippen molar-refractivity contribution in [3.63, 3.8) is 0 Å². The quantitative estimate of drug-likeness (QED) is 0.646. The minimum Gasteiger partial charge on any atom is -0.325 e. The maximum absolute atomic E-state index is 11.9. The van der Waals surface area contributed by atoms with Gasteiger partial charge in [-0.3, -0.25) is 0 Å². The second-order valence-electron chi connectivity index (χ2n) is 7.64. The highest BCUT2D eigenvalue weighted by Crippen LogP contribution is 2.24. The number of nitrogens with one attached hydrogen (secondary N) is 2. The minimum atomic E-state index is -2.27. The Kier molecular flexibility index (Phi) is 5.65. The Bertz CT molecular complexity index is 1180. The highest BCUT2D eigenvalue weighted by molar-refractivity contribution is 7.92. The van der Waals surface area contributed by atoms with E-state index in [9.17, 15) is 4.21 Å². The molecule has 1 aliphatic heterocycles. The van der Waals surface area contributed by atoms with Crippen molar-refractivity contribution in [2.24, 2.45) is 4.36 Å².